The monoisotopic (exact) mass is 447 g/mol. The molecule has 0 amide bonds. The first-order chi connectivity index (χ1) is 12.4. The number of rotatable bonds is 4. The third-order valence-electron chi connectivity index (χ3n) is 4.57. The summed E-state index contributed by atoms with van der Waals surface area (Å²) in [6.07, 6.45) is 0. The molecule has 0 fully saturated rings. The summed E-state index contributed by atoms with van der Waals surface area (Å²) in [5.74, 6) is 0. The van der Waals surface area contributed by atoms with Crippen molar-refractivity contribution in [1.82, 2.24) is 0 Å². The molecule has 1 radical (unpaired) electrons. The minimum absolute atomic E-state index is 0. The van der Waals surface area contributed by atoms with Crippen molar-refractivity contribution in [1.29, 1.82) is 0 Å². The average molecular weight is 448 g/mol. The molecule has 4 aromatic rings. The summed E-state index contributed by atoms with van der Waals surface area (Å²) in [7, 11) is 0. The molecule has 0 aliphatic rings. The molecule has 2 heteroatoms. The van der Waals surface area contributed by atoms with E-state index in [9.17, 15) is 0 Å². The fourth-order valence-electron chi connectivity index (χ4n) is 3.50. The maximum absolute atomic E-state index is 3.17. The van der Waals surface area contributed by atoms with E-state index in [1.54, 1.807) is 0 Å². The van der Waals surface area contributed by atoms with E-state index in [0.717, 1.165) is 0 Å². The Balaban J connectivity index is 0.00000196. The van der Waals surface area contributed by atoms with Gasteiger partial charge in [0.25, 0.3) is 0 Å². The topological polar surface area (TPSA) is 31.5 Å². The van der Waals surface area contributed by atoms with Crippen LogP contribution in [0.4, 0.5) is 0 Å². The molecule has 2 N–H and O–H groups in total. The van der Waals surface area contributed by atoms with Crippen LogP contribution in [0, 0.1) is 0 Å². The van der Waals surface area contributed by atoms with E-state index >= 15 is 0 Å². The Hall–Kier alpha value is -2.34. The molecule has 129 valence electrons. The van der Waals surface area contributed by atoms with Gasteiger partial charge in [0, 0.05) is 0 Å². The van der Waals surface area contributed by atoms with Crippen LogP contribution in [0.1, 0.15) is 0 Å². The van der Waals surface area contributed by atoms with Crippen molar-refractivity contribution in [2.45, 2.75) is 0 Å². The molecule has 0 spiro atoms. The molecule has 1 nitrogen and oxygen atoms in total. The number of hydrogen-bond acceptors (Lipinski definition) is 0. The van der Waals surface area contributed by atoms with Crippen LogP contribution in [0.2, 0.25) is 0 Å². The van der Waals surface area contributed by atoms with Gasteiger partial charge in [-0.15, -0.1) is 0 Å². The van der Waals surface area contributed by atoms with Crippen molar-refractivity contribution in [3.63, 3.8) is 0 Å². The summed E-state index contributed by atoms with van der Waals surface area (Å²) in [6.45, 7) is 0. The SMILES string of the molecule is O.c1cc[c]([Sb]([c]2ccccc2)([c]2ccccc2)[c]2ccccc2)cc1. The summed E-state index contributed by atoms with van der Waals surface area (Å²) < 4.78 is 5.91. The van der Waals surface area contributed by atoms with Gasteiger partial charge < -0.3 is 5.48 Å². The van der Waals surface area contributed by atoms with Crippen LogP contribution in [0.25, 0.3) is 0 Å². The van der Waals surface area contributed by atoms with Crippen LogP contribution < -0.4 is 14.0 Å². The first-order valence-corrected chi connectivity index (χ1v) is 13.6. The molecule has 0 aliphatic heterocycles. The van der Waals surface area contributed by atoms with Crippen molar-refractivity contribution in [2.24, 2.45) is 0 Å². The molecule has 0 saturated heterocycles. The molecule has 26 heavy (non-hydrogen) atoms. The van der Waals surface area contributed by atoms with E-state index in [1.165, 1.54) is 14.0 Å². The van der Waals surface area contributed by atoms with E-state index in [1.807, 2.05) is 0 Å². The van der Waals surface area contributed by atoms with Crippen molar-refractivity contribution in [2.75, 3.05) is 0 Å². The number of hydrogen-bond donors (Lipinski definition) is 0. The first kappa shape index (κ1) is 18.4. The molecule has 0 aromatic heterocycles. The van der Waals surface area contributed by atoms with Crippen LogP contribution in [0.3, 0.4) is 0 Å². The van der Waals surface area contributed by atoms with Crippen LogP contribution >= 0.6 is 0 Å². The quantitative estimate of drug-likeness (QED) is 0.429. The standard InChI is InChI=1S/4C6H5.H2O.Sb/c4*1-2-4-6-5-3-1;;/h4*1-5H;1H2;. The van der Waals surface area contributed by atoms with Crippen LogP contribution in [-0.4, -0.2) is 24.3 Å². The Morgan fingerprint density at radius 1 is 0.308 bits per heavy atom. The number of benzene rings is 4. The van der Waals surface area contributed by atoms with Gasteiger partial charge in [0.15, 0.2) is 0 Å². The van der Waals surface area contributed by atoms with Gasteiger partial charge in [-0.25, -0.2) is 0 Å². The molecular formula is C24H22OSb. The van der Waals surface area contributed by atoms with Gasteiger partial charge in [-0.2, -0.15) is 0 Å². The van der Waals surface area contributed by atoms with Gasteiger partial charge in [0.2, 0.25) is 0 Å². The summed E-state index contributed by atoms with van der Waals surface area (Å²) in [5.41, 5.74) is 0. The summed E-state index contributed by atoms with van der Waals surface area (Å²) in [6, 6.07) is 44.4. The second-order valence-corrected chi connectivity index (χ2v) is 15.7. The third kappa shape index (κ3) is 3.21. The molecule has 4 aromatic carbocycles. The molecule has 4 rings (SSSR count). The third-order valence-corrected chi connectivity index (χ3v) is 16.8. The first-order valence-electron chi connectivity index (χ1n) is 8.54. The van der Waals surface area contributed by atoms with Crippen LogP contribution in [0.15, 0.2) is 121 Å². The molecule has 0 heterocycles. The van der Waals surface area contributed by atoms with Crippen LogP contribution in [-0.2, 0) is 0 Å². The molecule has 0 atom stereocenters. The fourth-order valence-corrected chi connectivity index (χ4v) is 15.7. The zero-order chi connectivity index (χ0) is 17.0. The van der Waals surface area contributed by atoms with E-state index in [2.05, 4.69) is 121 Å². The molecule has 0 unspecified atom stereocenters. The van der Waals surface area contributed by atoms with Gasteiger partial charge in [0.1, 0.15) is 0 Å². The van der Waals surface area contributed by atoms with Crippen molar-refractivity contribution >= 4 is 32.8 Å². The predicted octanol–water partition coefficient (Wildman–Crippen LogP) is 2.24. The van der Waals surface area contributed by atoms with E-state index in [0.29, 0.717) is 0 Å². The zero-order valence-corrected chi connectivity index (χ0v) is 17.0. The van der Waals surface area contributed by atoms with Gasteiger partial charge in [-0.3, -0.25) is 0 Å². The Kier molecular flexibility index (Phi) is 5.93. The van der Waals surface area contributed by atoms with Crippen LogP contribution in [0.5, 0.6) is 0 Å². The molecular weight excluding hydrogens is 426 g/mol. The predicted molar refractivity (Wildman–Crippen MR) is 114 cm³/mol. The molecule has 0 bridgehead atoms. The summed E-state index contributed by atoms with van der Waals surface area (Å²) in [5, 5.41) is 0. The minimum atomic E-state index is -3.17. The molecule has 0 saturated carbocycles. The van der Waals surface area contributed by atoms with Crippen molar-refractivity contribution < 1.29 is 5.48 Å². The maximum atomic E-state index is 2.32. The second-order valence-electron chi connectivity index (χ2n) is 6.01. The Morgan fingerprint density at radius 2 is 0.500 bits per heavy atom. The van der Waals surface area contributed by atoms with E-state index in [-0.39, 0.29) is 5.48 Å². The summed E-state index contributed by atoms with van der Waals surface area (Å²) in [4.78, 5) is 0. The van der Waals surface area contributed by atoms with Crippen molar-refractivity contribution in [3.8, 4) is 0 Å². The van der Waals surface area contributed by atoms with Gasteiger partial charge >= 0.3 is 154 Å². The van der Waals surface area contributed by atoms with E-state index < -0.39 is 18.8 Å². The normalized spacial score (nSPS) is 10.8. The van der Waals surface area contributed by atoms with Crippen molar-refractivity contribution in [3.05, 3.63) is 121 Å². The second kappa shape index (κ2) is 8.36. The van der Waals surface area contributed by atoms with Gasteiger partial charge in [-0.1, -0.05) is 0 Å². The van der Waals surface area contributed by atoms with E-state index in [4.69, 9.17) is 0 Å². The molecule has 0 aliphatic carbocycles. The van der Waals surface area contributed by atoms with Gasteiger partial charge in [-0.05, 0) is 0 Å². The van der Waals surface area contributed by atoms with Gasteiger partial charge in [0.05, 0.1) is 0 Å². The Bertz CT molecular complexity index is 759. The average Bonchev–Trinajstić information content (AvgIpc) is 2.72. The Morgan fingerprint density at radius 3 is 0.692 bits per heavy atom. The zero-order valence-electron chi connectivity index (χ0n) is 14.5. The fraction of sp³-hybridized carbons (Fsp3) is 0. The Labute approximate surface area is 159 Å². The summed E-state index contributed by atoms with van der Waals surface area (Å²) >= 11 is -3.17.